The van der Waals surface area contributed by atoms with Gasteiger partial charge in [0.05, 0.1) is 11.0 Å². The van der Waals surface area contributed by atoms with Gasteiger partial charge in [0.15, 0.2) is 0 Å². The molecule has 8 aromatic rings. The van der Waals surface area contributed by atoms with Crippen molar-refractivity contribution in [3.8, 4) is 33.2 Å². The third-order valence-electron chi connectivity index (χ3n) is 7.44. The zero-order chi connectivity index (χ0) is 25.8. The average Bonchev–Trinajstić information content (AvgIpc) is 3.74. The van der Waals surface area contributed by atoms with Crippen LogP contribution < -0.4 is 0 Å². The minimum absolute atomic E-state index is 0.934. The number of aromatic nitrogens is 3. The van der Waals surface area contributed by atoms with Crippen LogP contribution in [0.15, 0.2) is 140 Å². The highest BCUT2D eigenvalue weighted by atomic mass is 32.1. The van der Waals surface area contributed by atoms with E-state index in [4.69, 9.17) is 0 Å². The summed E-state index contributed by atoms with van der Waals surface area (Å²) >= 11 is 1.88. The van der Waals surface area contributed by atoms with Crippen LogP contribution in [0.4, 0.5) is 0 Å². The van der Waals surface area contributed by atoms with E-state index in [1.54, 1.807) is 0 Å². The lowest BCUT2D eigenvalue weighted by molar-refractivity contribution is 1.07. The number of thiophene rings is 1. The number of rotatable bonds is 4. The van der Waals surface area contributed by atoms with Gasteiger partial charge in [-0.2, -0.15) is 0 Å². The van der Waals surface area contributed by atoms with Gasteiger partial charge in [0.25, 0.3) is 0 Å². The Hall–Kier alpha value is -4.93. The van der Waals surface area contributed by atoms with E-state index in [1.807, 2.05) is 29.8 Å². The van der Waals surface area contributed by atoms with Gasteiger partial charge in [-0.1, -0.05) is 72.8 Å². The molecule has 39 heavy (non-hydrogen) atoms. The molecule has 8 rings (SSSR count). The van der Waals surface area contributed by atoms with Crippen LogP contribution in [0.2, 0.25) is 0 Å². The largest absolute Gasteiger partial charge is 0.309 e. The van der Waals surface area contributed by atoms with E-state index in [0.717, 1.165) is 22.8 Å². The molecule has 4 heteroatoms. The Balaban J connectivity index is 1.29. The summed E-state index contributed by atoms with van der Waals surface area (Å²) in [6.07, 6.45) is 3.88. The third kappa shape index (κ3) is 3.53. The summed E-state index contributed by atoms with van der Waals surface area (Å²) in [5.74, 6) is 0.934. The van der Waals surface area contributed by atoms with E-state index < -0.39 is 0 Å². The molecule has 0 unspecified atom stereocenters. The van der Waals surface area contributed by atoms with E-state index in [1.165, 1.54) is 42.3 Å². The second-order valence-electron chi connectivity index (χ2n) is 9.71. The van der Waals surface area contributed by atoms with Crippen molar-refractivity contribution in [3.05, 3.63) is 140 Å². The first kappa shape index (κ1) is 22.1. The van der Waals surface area contributed by atoms with Gasteiger partial charge in [0.2, 0.25) is 0 Å². The normalized spacial score (nSPS) is 11.6. The van der Waals surface area contributed by atoms with Crippen molar-refractivity contribution in [2.24, 2.45) is 0 Å². The molecule has 0 aliphatic rings. The molecule has 0 N–H and O–H groups in total. The Kier molecular flexibility index (Phi) is 5.00. The fourth-order valence-corrected chi connectivity index (χ4v) is 6.87. The number of para-hydroxylation sites is 2. The van der Waals surface area contributed by atoms with Crippen LogP contribution in [0.25, 0.3) is 65.1 Å². The number of benzene rings is 5. The fraction of sp³-hybridized carbons (Fsp3) is 0. The summed E-state index contributed by atoms with van der Waals surface area (Å²) < 4.78 is 5.86. The number of hydrogen-bond acceptors (Lipinski definition) is 2. The zero-order valence-electron chi connectivity index (χ0n) is 21.0. The first-order chi connectivity index (χ1) is 19.3. The van der Waals surface area contributed by atoms with Crippen molar-refractivity contribution in [1.29, 1.82) is 0 Å². The topological polar surface area (TPSA) is 22.8 Å². The van der Waals surface area contributed by atoms with Crippen LogP contribution in [-0.2, 0) is 0 Å². The summed E-state index contributed by atoms with van der Waals surface area (Å²) in [6, 6.07) is 45.4. The van der Waals surface area contributed by atoms with Gasteiger partial charge in [-0.05, 0) is 65.5 Å². The molecular formula is C35H23N3S. The van der Waals surface area contributed by atoms with Gasteiger partial charge < -0.3 is 4.57 Å². The molecule has 3 aromatic heterocycles. The average molecular weight is 518 g/mol. The van der Waals surface area contributed by atoms with Crippen molar-refractivity contribution < 1.29 is 0 Å². The second-order valence-corrected chi connectivity index (χ2v) is 10.8. The van der Waals surface area contributed by atoms with E-state index in [-0.39, 0.29) is 0 Å². The first-order valence-corrected chi connectivity index (χ1v) is 13.9. The van der Waals surface area contributed by atoms with E-state index in [0.29, 0.717) is 0 Å². The highest BCUT2D eigenvalue weighted by molar-refractivity contribution is 7.23. The molecule has 0 aliphatic carbocycles. The zero-order valence-corrected chi connectivity index (χ0v) is 21.8. The minimum Gasteiger partial charge on any atom is -0.309 e. The summed E-state index contributed by atoms with van der Waals surface area (Å²) in [5.41, 5.74) is 7.03. The maximum absolute atomic E-state index is 4.67. The minimum atomic E-state index is 0.934. The highest BCUT2D eigenvalue weighted by Gasteiger charge is 2.17. The molecule has 5 aromatic carbocycles. The molecule has 0 radical (unpaired) electrons. The van der Waals surface area contributed by atoms with Crippen molar-refractivity contribution in [2.45, 2.75) is 0 Å². The summed E-state index contributed by atoms with van der Waals surface area (Å²) in [7, 11) is 0. The van der Waals surface area contributed by atoms with Gasteiger partial charge in [-0.25, -0.2) is 4.98 Å². The number of fused-ring (bicyclic) bond motifs is 5. The molecule has 184 valence electrons. The maximum Gasteiger partial charge on any atom is 0.144 e. The fourth-order valence-electron chi connectivity index (χ4n) is 5.65. The Bertz CT molecular complexity index is 2100. The van der Waals surface area contributed by atoms with Crippen LogP contribution in [-0.4, -0.2) is 14.1 Å². The molecule has 0 bridgehead atoms. The van der Waals surface area contributed by atoms with Crippen LogP contribution in [0.3, 0.4) is 0 Å². The van der Waals surface area contributed by atoms with E-state index >= 15 is 0 Å². The Morgan fingerprint density at radius 1 is 0.590 bits per heavy atom. The summed E-state index contributed by atoms with van der Waals surface area (Å²) in [5, 5.41) is 3.89. The highest BCUT2D eigenvalue weighted by Crippen LogP contribution is 2.42. The predicted octanol–water partition coefficient (Wildman–Crippen LogP) is 9.52. The molecule has 0 fully saturated rings. The Morgan fingerprint density at radius 2 is 1.33 bits per heavy atom. The molecular weight excluding hydrogens is 494 g/mol. The Labute approximate surface area is 229 Å². The second kappa shape index (κ2) is 8.83. The SMILES string of the molecule is c1ccc(-c2cc3ccc4c(c5ccccc5n4-c4ccc(-c5nccn5-c5ccccc5)cc4)c3s2)cc1. The van der Waals surface area contributed by atoms with Gasteiger partial charge in [0.1, 0.15) is 5.82 Å². The molecule has 0 aliphatic heterocycles. The van der Waals surface area contributed by atoms with Gasteiger partial charge in [0, 0.05) is 49.7 Å². The summed E-state index contributed by atoms with van der Waals surface area (Å²) in [4.78, 5) is 5.97. The number of nitrogens with zero attached hydrogens (tertiary/aromatic N) is 3. The smallest absolute Gasteiger partial charge is 0.144 e. The van der Waals surface area contributed by atoms with Crippen LogP contribution in [0.1, 0.15) is 0 Å². The van der Waals surface area contributed by atoms with Crippen molar-refractivity contribution >= 4 is 43.2 Å². The Morgan fingerprint density at radius 3 is 2.15 bits per heavy atom. The maximum atomic E-state index is 4.67. The van der Waals surface area contributed by atoms with Gasteiger partial charge >= 0.3 is 0 Å². The number of imidazole rings is 1. The molecule has 0 atom stereocenters. The van der Waals surface area contributed by atoms with Crippen molar-refractivity contribution in [3.63, 3.8) is 0 Å². The van der Waals surface area contributed by atoms with Crippen molar-refractivity contribution in [2.75, 3.05) is 0 Å². The molecule has 3 heterocycles. The summed E-state index contributed by atoms with van der Waals surface area (Å²) in [6.45, 7) is 0. The van der Waals surface area contributed by atoms with Crippen LogP contribution >= 0.6 is 11.3 Å². The van der Waals surface area contributed by atoms with E-state index in [2.05, 4.69) is 135 Å². The van der Waals surface area contributed by atoms with Gasteiger partial charge in [-0.15, -0.1) is 11.3 Å². The van der Waals surface area contributed by atoms with Crippen LogP contribution in [0.5, 0.6) is 0 Å². The molecule has 0 spiro atoms. The van der Waals surface area contributed by atoms with E-state index in [9.17, 15) is 0 Å². The number of hydrogen-bond donors (Lipinski definition) is 0. The van der Waals surface area contributed by atoms with Crippen molar-refractivity contribution in [1.82, 2.24) is 14.1 Å². The lowest BCUT2D eigenvalue weighted by atomic mass is 10.1. The monoisotopic (exact) mass is 517 g/mol. The lowest BCUT2D eigenvalue weighted by Gasteiger charge is -2.11. The third-order valence-corrected chi connectivity index (χ3v) is 8.65. The van der Waals surface area contributed by atoms with Gasteiger partial charge in [-0.3, -0.25) is 4.57 Å². The molecule has 0 saturated carbocycles. The first-order valence-electron chi connectivity index (χ1n) is 13.1. The standard InChI is InChI=1S/C35H23N3S/c1-3-9-24(10-4-1)32-23-26-17-20-31-33(34(26)39-32)29-13-7-8-14-30(29)38(31)28-18-15-25(16-19-28)35-36-21-22-37(35)27-11-5-2-6-12-27/h1-23H. The lowest BCUT2D eigenvalue weighted by Crippen LogP contribution is -1.97. The molecule has 0 saturated heterocycles. The quantitative estimate of drug-likeness (QED) is 0.228. The predicted molar refractivity (Wildman–Crippen MR) is 164 cm³/mol. The molecule has 0 amide bonds. The van der Waals surface area contributed by atoms with Crippen LogP contribution in [0, 0.1) is 0 Å². The molecule has 3 nitrogen and oxygen atoms in total.